The Bertz CT molecular complexity index is 1510. The number of nitrogens with one attached hydrogen (secondary N) is 2. The second kappa shape index (κ2) is 13.6. The lowest BCUT2D eigenvalue weighted by atomic mass is 9.81. The molecule has 1 heterocycles. The van der Waals surface area contributed by atoms with Crippen LogP contribution in [0, 0.1) is 5.82 Å². The van der Waals surface area contributed by atoms with E-state index in [0.717, 1.165) is 36.8 Å². The Kier molecular flexibility index (Phi) is 9.64. The second-order valence-corrected chi connectivity index (χ2v) is 12.0. The number of likely N-dealkylation sites (tertiary alicyclic amines) is 1. The fraction of sp³-hybridized carbons (Fsp3) is 0.353. The lowest BCUT2D eigenvalue weighted by Crippen LogP contribution is -2.46. The molecule has 1 saturated heterocycles. The fourth-order valence-corrected chi connectivity index (χ4v) is 6.28. The van der Waals surface area contributed by atoms with E-state index in [1.807, 2.05) is 31.0 Å². The van der Waals surface area contributed by atoms with Crippen molar-refractivity contribution in [2.75, 3.05) is 18.9 Å². The average Bonchev–Trinajstić information content (AvgIpc) is 3.40. The number of halogens is 2. The molecule has 2 aliphatic rings. The molecule has 1 aliphatic heterocycles. The van der Waals surface area contributed by atoms with Gasteiger partial charge in [-0.3, -0.25) is 19.2 Å². The number of hydrogen-bond donors (Lipinski definition) is 2. The van der Waals surface area contributed by atoms with Gasteiger partial charge in [-0.25, -0.2) is 4.39 Å². The summed E-state index contributed by atoms with van der Waals surface area (Å²) in [7, 11) is 1.85. The highest BCUT2D eigenvalue weighted by atomic mass is 35.5. The van der Waals surface area contributed by atoms with Crippen LogP contribution in [0.5, 0.6) is 0 Å². The Balaban J connectivity index is 1.08. The van der Waals surface area contributed by atoms with Gasteiger partial charge in [-0.1, -0.05) is 35.9 Å². The van der Waals surface area contributed by atoms with E-state index < -0.39 is 17.9 Å². The number of carbonyl (C=O) groups is 4. The van der Waals surface area contributed by atoms with Gasteiger partial charge in [0, 0.05) is 35.9 Å². The molecule has 0 bridgehead atoms. The minimum Gasteiger partial charge on any atom is -0.339 e. The smallest absolute Gasteiger partial charge is 0.313 e. The van der Waals surface area contributed by atoms with E-state index in [9.17, 15) is 23.6 Å². The number of amides is 4. The minimum atomic E-state index is -0.876. The fourth-order valence-electron chi connectivity index (χ4n) is 6.15. The monoisotopic (exact) mass is 618 g/mol. The van der Waals surface area contributed by atoms with Gasteiger partial charge in [-0.15, -0.1) is 0 Å². The Morgan fingerprint density at radius 1 is 0.886 bits per heavy atom. The van der Waals surface area contributed by atoms with Crippen molar-refractivity contribution in [3.8, 4) is 0 Å². The maximum atomic E-state index is 13.3. The molecule has 2 N–H and O–H groups in total. The number of nitrogens with zero attached hydrogens (tertiary/aromatic N) is 2. The molecule has 10 heteroatoms. The number of hydrogen-bond acceptors (Lipinski definition) is 4. The first kappa shape index (κ1) is 31.2. The van der Waals surface area contributed by atoms with Crippen molar-refractivity contribution >= 4 is 40.9 Å². The van der Waals surface area contributed by atoms with Gasteiger partial charge in [0.15, 0.2) is 0 Å². The molecule has 3 aromatic carbocycles. The predicted molar refractivity (Wildman–Crippen MR) is 167 cm³/mol. The van der Waals surface area contributed by atoms with Crippen LogP contribution in [0.2, 0.25) is 5.02 Å². The third kappa shape index (κ3) is 7.10. The predicted octanol–water partition coefficient (Wildman–Crippen LogP) is 5.69. The quantitative estimate of drug-likeness (QED) is 0.332. The Labute approximate surface area is 261 Å². The van der Waals surface area contributed by atoms with Gasteiger partial charge in [0.1, 0.15) is 11.9 Å². The molecule has 230 valence electrons. The Morgan fingerprint density at radius 2 is 1.52 bits per heavy atom. The molecule has 8 nitrogen and oxygen atoms in total. The molecule has 4 amide bonds. The molecule has 2 atom stereocenters. The van der Waals surface area contributed by atoms with Crippen LogP contribution in [0.15, 0.2) is 72.8 Å². The van der Waals surface area contributed by atoms with E-state index >= 15 is 0 Å². The highest BCUT2D eigenvalue weighted by Gasteiger charge is 2.36. The molecule has 2 fully saturated rings. The van der Waals surface area contributed by atoms with Gasteiger partial charge in [-0.2, -0.15) is 0 Å². The minimum absolute atomic E-state index is 0.0107. The zero-order valence-electron chi connectivity index (χ0n) is 24.8. The van der Waals surface area contributed by atoms with Crippen LogP contribution >= 0.6 is 11.6 Å². The molecule has 0 aromatic heterocycles. The van der Waals surface area contributed by atoms with E-state index in [1.54, 1.807) is 53.4 Å². The molecule has 2 unspecified atom stereocenters. The van der Waals surface area contributed by atoms with Crippen LogP contribution in [-0.2, 0) is 14.4 Å². The van der Waals surface area contributed by atoms with E-state index in [1.165, 1.54) is 12.1 Å². The maximum Gasteiger partial charge on any atom is 0.313 e. The zero-order chi connectivity index (χ0) is 31.4. The number of benzene rings is 3. The van der Waals surface area contributed by atoms with Crippen LogP contribution in [-0.4, -0.2) is 59.1 Å². The third-order valence-corrected chi connectivity index (χ3v) is 9.12. The summed E-state index contributed by atoms with van der Waals surface area (Å²) in [6, 6.07) is 19.4. The largest absolute Gasteiger partial charge is 0.339 e. The third-order valence-electron chi connectivity index (χ3n) is 8.87. The van der Waals surface area contributed by atoms with Crippen molar-refractivity contribution in [1.29, 1.82) is 0 Å². The standard InChI is InChI=1S/C34H36ClFN4O4/c1-21(22-5-13-27(36)14-6-22)40-20-19-30(34(40)44)38-32(42)31(41)37-28-15-7-23(8-16-28)24-9-17-29(18-10-24)39(2)33(43)25-3-11-26(35)12-4-25/h3-8,11-16,21,24,29-30H,9-10,17-20H2,1-2H3,(H,37,41)(H,38,42). The van der Waals surface area contributed by atoms with E-state index in [-0.39, 0.29) is 29.7 Å². The Morgan fingerprint density at radius 3 is 2.16 bits per heavy atom. The highest BCUT2D eigenvalue weighted by Crippen LogP contribution is 2.35. The summed E-state index contributed by atoms with van der Waals surface area (Å²) in [6.45, 7) is 2.27. The lowest BCUT2D eigenvalue weighted by molar-refractivity contribution is -0.139. The zero-order valence-corrected chi connectivity index (χ0v) is 25.5. The van der Waals surface area contributed by atoms with Crippen LogP contribution in [0.4, 0.5) is 10.1 Å². The van der Waals surface area contributed by atoms with Gasteiger partial charge in [0.25, 0.3) is 5.91 Å². The first-order valence-corrected chi connectivity index (χ1v) is 15.3. The Hall–Kier alpha value is -4.24. The summed E-state index contributed by atoms with van der Waals surface area (Å²) < 4.78 is 13.3. The van der Waals surface area contributed by atoms with Gasteiger partial charge in [-0.05, 0) is 105 Å². The topological polar surface area (TPSA) is 98.8 Å². The summed E-state index contributed by atoms with van der Waals surface area (Å²) in [5.74, 6) is -2.02. The molecule has 1 saturated carbocycles. The molecule has 5 rings (SSSR count). The maximum absolute atomic E-state index is 13.3. The first-order chi connectivity index (χ1) is 21.1. The van der Waals surface area contributed by atoms with Gasteiger partial charge >= 0.3 is 11.8 Å². The summed E-state index contributed by atoms with van der Waals surface area (Å²) in [6.07, 6.45) is 4.02. The lowest BCUT2D eigenvalue weighted by Gasteiger charge is -2.35. The summed E-state index contributed by atoms with van der Waals surface area (Å²) in [5, 5.41) is 5.77. The molecular formula is C34H36ClFN4O4. The van der Waals surface area contributed by atoms with Crippen molar-refractivity contribution in [2.24, 2.45) is 0 Å². The van der Waals surface area contributed by atoms with Crippen molar-refractivity contribution in [3.05, 3.63) is 100 Å². The molecule has 0 radical (unpaired) electrons. The van der Waals surface area contributed by atoms with Gasteiger partial charge in [0.05, 0.1) is 6.04 Å². The van der Waals surface area contributed by atoms with Crippen LogP contribution in [0.3, 0.4) is 0 Å². The van der Waals surface area contributed by atoms with E-state index in [2.05, 4.69) is 10.6 Å². The molecule has 44 heavy (non-hydrogen) atoms. The summed E-state index contributed by atoms with van der Waals surface area (Å²) in [4.78, 5) is 54.5. The number of rotatable bonds is 7. The van der Waals surface area contributed by atoms with Crippen molar-refractivity contribution in [2.45, 2.75) is 63.1 Å². The summed E-state index contributed by atoms with van der Waals surface area (Å²) >= 11 is 5.95. The highest BCUT2D eigenvalue weighted by molar-refractivity contribution is 6.40. The normalized spacial score (nSPS) is 20.6. The number of carbonyl (C=O) groups excluding carboxylic acids is 4. The summed E-state index contributed by atoms with van der Waals surface area (Å²) in [5.41, 5.74) is 3.04. The van der Waals surface area contributed by atoms with Crippen molar-refractivity contribution in [3.63, 3.8) is 0 Å². The second-order valence-electron chi connectivity index (χ2n) is 11.6. The van der Waals surface area contributed by atoms with Gasteiger partial charge < -0.3 is 20.4 Å². The molecule has 1 aliphatic carbocycles. The van der Waals surface area contributed by atoms with Crippen LogP contribution in [0.25, 0.3) is 0 Å². The molecule has 0 spiro atoms. The molecule has 3 aromatic rings. The molecular weight excluding hydrogens is 583 g/mol. The first-order valence-electron chi connectivity index (χ1n) is 14.9. The SMILES string of the molecule is CC(c1ccc(F)cc1)N1CCC(NC(=O)C(=O)Nc2ccc(C3CCC(N(C)C(=O)c4ccc(Cl)cc4)CC3)cc2)C1=O. The van der Waals surface area contributed by atoms with Crippen LogP contribution in [0.1, 0.15) is 72.5 Å². The van der Waals surface area contributed by atoms with E-state index in [4.69, 9.17) is 11.6 Å². The van der Waals surface area contributed by atoms with Gasteiger partial charge in [0.2, 0.25) is 5.91 Å². The average molecular weight is 619 g/mol. The van der Waals surface area contributed by atoms with E-state index in [0.29, 0.717) is 35.2 Å². The number of anilines is 1. The van der Waals surface area contributed by atoms with Crippen molar-refractivity contribution < 1.29 is 23.6 Å². The van der Waals surface area contributed by atoms with Crippen LogP contribution < -0.4 is 10.6 Å². The van der Waals surface area contributed by atoms with Crippen molar-refractivity contribution in [1.82, 2.24) is 15.1 Å².